The number of amides is 4. The molecule has 2 aromatic rings. The van der Waals surface area contributed by atoms with Gasteiger partial charge in [-0.1, -0.05) is 57.6 Å². The topological polar surface area (TPSA) is 178 Å². The number of carbonyl (C=O) groups is 4. The minimum absolute atomic E-state index is 0.208. The van der Waals surface area contributed by atoms with Crippen molar-refractivity contribution in [1.29, 1.82) is 0 Å². The third kappa shape index (κ3) is 11.8. The number of hydrogen-bond donors (Lipinski definition) is 5. The average molecular weight is 667 g/mol. The molecule has 0 aliphatic carbocycles. The summed E-state index contributed by atoms with van der Waals surface area (Å²) in [5, 5.41) is 8.33. The summed E-state index contributed by atoms with van der Waals surface area (Å²) in [4.78, 5) is 53.8. The zero-order valence-electron chi connectivity index (χ0n) is 28.8. The lowest BCUT2D eigenvalue weighted by atomic mass is 9.94. The summed E-state index contributed by atoms with van der Waals surface area (Å²) in [6, 6.07) is 9.66. The van der Waals surface area contributed by atoms with E-state index in [2.05, 4.69) is 22.9 Å². The number of hydrogen-bond acceptors (Lipinski definition) is 8. The molecule has 0 radical (unpaired) electrons. The number of nitrogens with zero attached hydrogens (tertiary/aromatic N) is 1. The van der Waals surface area contributed by atoms with Gasteiger partial charge in [0.05, 0.1) is 13.1 Å². The number of unbranched alkanes of at least 4 members (excludes halogenated alkanes) is 6. The van der Waals surface area contributed by atoms with Gasteiger partial charge in [-0.25, -0.2) is 0 Å². The summed E-state index contributed by atoms with van der Waals surface area (Å²) in [6.07, 6.45) is 8.48. The molecular formula is C36H54N6O6. The predicted molar refractivity (Wildman–Crippen MR) is 186 cm³/mol. The normalized spacial score (nSPS) is 16.3. The molecule has 264 valence electrons. The molecule has 0 saturated heterocycles. The van der Waals surface area contributed by atoms with Gasteiger partial charge in [0.25, 0.3) is 0 Å². The Hall–Kier alpha value is -4.16. The zero-order valence-corrected chi connectivity index (χ0v) is 28.8. The maximum atomic E-state index is 13.8. The van der Waals surface area contributed by atoms with Crippen molar-refractivity contribution in [3.63, 3.8) is 0 Å². The summed E-state index contributed by atoms with van der Waals surface area (Å²) in [6.45, 7) is 4.68. The second kappa shape index (κ2) is 20.3. The molecule has 1 aliphatic heterocycles. The Labute approximate surface area is 284 Å². The first-order valence-corrected chi connectivity index (χ1v) is 17.2. The van der Waals surface area contributed by atoms with E-state index in [0.717, 1.165) is 31.2 Å². The summed E-state index contributed by atoms with van der Waals surface area (Å²) >= 11 is 0. The predicted octanol–water partition coefficient (Wildman–Crippen LogP) is 2.96. The first-order chi connectivity index (χ1) is 23.2. The summed E-state index contributed by atoms with van der Waals surface area (Å²) in [7, 11) is 1.51. The van der Waals surface area contributed by atoms with E-state index in [9.17, 15) is 19.2 Å². The van der Waals surface area contributed by atoms with Crippen LogP contribution in [0.25, 0.3) is 11.1 Å². The van der Waals surface area contributed by atoms with Crippen molar-refractivity contribution in [3.8, 4) is 22.6 Å². The molecule has 2 atom stereocenters. The van der Waals surface area contributed by atoms with Crippen molar-refractivity contribution < 1.29 is 28.7 Å². The highest BCUT2D eigenvalue weighted by atomic mass is 16.5. The minimum atomic E-state index is -1.12. The number of nitrogens with two attached hydrogens (primary N) is 2. The van der Waals surface area contributed by atoms with E-state index < -0.39 is 17.9 Å². The van der Waals surface area contributed by atoms with E-state index in [4.69, 9.17) is 20.9 Å². The third-order valence-corrected chi connectivity index (χ3v) is 8.25. The molecule has 0 saturated carbocycles. The highest BCUT2D eigenvalue weighted by Crippen LogP contribution is 2.40. The fraction of sp³-hybridized carbons (Fsp3) is 0.556. The van der Waals surface area contributed by atoms with Gasteiger partial charge < -0.3 is 41.8 Å². The van der Waals surface area contributed by atoms with Gasteiger partial charge in [0.1, 0.15) is 30.8 Å². The Morgan fingerprint density at radius 2 is 1.54 bits per heavy atom. The Morgan fingerprint density at radius 3 is 2.21 bits per heavy atom. The lowest BCUT2D eigenvalue weighted by molar-refractivity contribution is -0.139. The van der Waals surface area contributed by atoms with Gasteiger partial charge in [-0.2, -0.15) is 0 Å². The van der Waals surface area contributed by atoms with Crippen LogP contribution in [0.5, 0.6) is 11.5 Å². The van der Waals surface area contributed by atoms with E-state index in [1.54, 1.807) is 18.2 Å². The molecule has 0 aromatic heterocycles. The molecule has 7 N–H and O–H groups in total. The SMILES string of the molecule is CCCCCCCCCC(=O)NCC(=O)N(C)C1C(=O)NCC(=O)NC(C)Cc2ccc(OCCN)c(c2)-c2cc1ccc2OCCN. The number of fused-ring (bicyclic) bond motifs is 5. The number of rotatable bonds is 17. The zero-order chi connectivity index (χ0) is 34.9. The molecule has 48 heavy (non-hydrogen) atoms. The van der Waals surface area contributed by atoms with Gasteiger partial charge in [-0.3, -0.25) is 19.2 Å². The van der Waals surface area contributed by atoms with Crippen molar-refractivity contribution in [2.24, 2.45) is 11.5 Å². The minimum Gasteiger partial charge on any atom is -0.492 e. The first-order valence-electron chi connectivity index (χ1n) is 17.2. The highest BCUT2D eigenvalue weighted by molar-refractivity contribution is 5.93. The molecular weight excluding hydrogens is 612 g/mol. The van der Waals surface area contributed by atoms with Crippen molar-refractivity contribution in [1.82, 2.24) is 20.9 Å². The number of carbonyl (C=O) groups excluding carboxylic acids is 4. The number of ether oxygens (including phenoxy) is 2. The van der Waals surface area contributed by atoms with Crippen LogP contribution in [0.1, 0.15) is 82.4 Å². The first kappa shape index (κ1) is 38.3. The molecule has 2 aromatic carbocycles. The smallest absolute Gasteiger partial charge is 0.247 e. The summed E-state index contributed by atoms with van der Waals surface area (Å²) < 4.78 is 12.1. The highest BCUT2D eigenvalue weighted by Gasteiger charge is 2.31. The van der Waals surface area contributed by atoms with Crippen LogP contribution in [0.4, 0.5) is 0 Å². The lowest BCUT2D eigenvalue weighted by Crippen LogP contribution is -2.48. The fourth-order valence-corrected chi connectivity index (χ4v) is 5.75. The molecule has 12 heteroatoms. The largest absolute Gasteiger partial charge is 0.492 e. The fourth-order valence-electron chi connectivity index (χ4n) is 5.75. The standard InChI is InChI=1S/C36H54N6O6/c1-4-5-6-7-8-9-10-11-32(43)39-24-34(45)42(3)35-27-13-15-31(48-19-17-38)29(22-27)28-21-26(12-14-30(28)47-18-16-37)20-25(2)41-33(44)23-40-36(35)46/h12-15,21-22,25,35H,4-11,16-20,23-24,37-38H2,1-3H3,(H,39,43)(H,40,46)(H,41,44). The monoisotopic (exact) mass is 666 g/mol. The molecule has 1 heterocycles. The van der Waals surface area contributed by atoms with E-state index in [-0.39, 0.29) is 44.2 Å². The van der Waals surface area contributed by atoms with E-state index in [1.807, 2.05) is 25.1 Å². The Balaban J connectivity index is 1.93. The van der Waals surface area contributed by atoms with Gasteiger partial charge in [0.2, 0.25) is 23.6 Å². The van der Waals surface area contributed by atoms with E-state index in [1.165, 1.54) is 31.2 Å². The number of likely N-dealkylation sites (N-methyl/N-ethyl adjacent to an activating group) is 1. The third-order valence-electron chi connectivity index (χ3n) is 8.25. The van der Waals surface area contributed by atoms with E-state index >= 15 is 0 Å². The maximum Gasteiger partial charge on any atom is 0.247 e. The molecule has 0 fully saturated rings. The van der Waals surface area contributed by atoms with Crippen LogP contribution in [0.2, 0.25) is 0 Å². The van der Waals surface area contributed by atoms with Crippen LogP contribution in [-0.2, 0) is 25.6 Å². The maximum absolute atomic E-state index is 13.8. The summed E-state index contributed by atoms with van der Waals surface area (Å²) in [5.74, 6) is -0.473. The molecule has 12 nitrogen and oxygen atoms in total. The Kier molecular flexibility index (Phi) is 16.2. The second-order valence-electron chi connectivity index (χ2n) is 12.3. The average Bonchev–Trinajstić information content (AvgIpc) is 3.07. The Morgan fingerprint density at radius 1 is 0.917 bits per heavy atom. The van der Waals surface area contributed by atoms with Crippen LogP contribution >= 0.6 is 0 Å². The molecule has 4 amide bonds. The van der Waals surface area contributed by atoms with Crippen LogP contribution in [0, 0.1) is 0 Å². The van der Waals surface area contributed by atoms with Crippen molar-refractivity contribution in [3.05, 3.63) is 47.5 Å². The lowest BCUT2D eigenvalue weighted by Gasteiger charge is -2.29. The molecule has 0 spiro atoms. The van der Waals surface area contributed by atoms with Gasteiger partial charge in [-0.05, 0) is 55.2 Å². The van der Waals surface area contributed by atoms with Crippen LogP contribution < -0.4 is 36.9 Å². The van der Waals surface area contributed by atoms with Gasteiger partial charge in [0.15, 0.2) is 0 Å². The number of benzene rings is 2. The molecule has 3 rings (SSSR count). The molecule has 1 aliphatic rings. The number of nitrogens with one attached hydrogen (secondary N) is 3. The molecule has 2 unspecified atom stereocenters. The van der Waals surface area contributed by atoms with Crippen molar-refractivity contribution >= 4 is 23.6 Å². The van der Waals surface area contributed by atoms with E-state index in [0.29, 0.717) is 54.1 Å². The van der Waals surface area contributed by atoms with Gasteiger partial charge in [0, 0.05) is 43.7 Å². The van der Waals surface area contributed by atoms with Crippen LogP contribution in [0.3, 0.4) is 0 Å². The summed E-state index contributed by atoms with van der Waals surface area (Å²) in [5.41, 5.74) is 14.3. The quantitative estimate of drug-likeness (QED) is 0.160. The molecule has 4 bridgehead atoms. The van der Waals surface area contributed by atoms with Crippen LogP contribution in [0.15, 0.2) is 36.4 Å². The van der Waals surface area contributed by atoms with Gasteiger partial charge >= 0.3 is 0 Å². The second-order valence-corrected chi connectivity index (χ2v) is 12.3. The van der Waals surface area contributed by atoms with Crippen LogP contribution in [-0.4, -0.2) is 81.0 Å². The van der Waals surface area contributed by atoms with Crippen molar-refractivity contribution in [2.75, 3.05) is 46.4 Å². The van der Waals surface area contributed by atoms with Gasteiger partial charge in [-0.15, -0.1) is 0 Å². The van der Waals surface area contributed by atoms with Crippen molar-refractivity contribution in [2.45, 2.75) is 83.7 Å². The Bertz CT molecular complexity index is 1370.